The number of halogens is 3. The number of alkyl halides is 3. The molecule has 0 saturated heterocycles. The molecule has 0 aliphatic heterocycles. The van der Waals surface area contributed by atoms with Gasteiger partial charge in [0.25, 0.3) is 0 Å². The predicted molar refractivity (Wildman–Crippen MR) is 78.7 cm³/mol. The summed E-state index contributed by atoms with van der Waals surface area (Å²) < 4.78 is 39.3. The topological polar surface area (TPSA) is 92.3 Å². The van der Waals surface area contributed by atoms with Crippen molar-refractivity contribution in [1.82, 2.24) is 30.1 Å². The Kier molecular flexibility index (Phi) is 4.11. The number of nitrogens with one attached hydrogen (secondary N) is 2. The van der Waals surface area contributed by atoms with Gasteiger partial charge in [0.05, 0.1) is 6.04 Å². The normalized spacial score (nSPS) is 12.8. The molecule has 0 aliphatic rings. The Morgan fingerprint density at radius 1 is 1.17 bits per heavy atom. The smallest absolute Gasteiger partial charge is 0.360 e. The van der Waals surface area contributed by atoms with Crippen LogP contribution in [0.15, 0.2) is 36.8 Å². The highest BCUT2D eigenvalue weighted by atomic mass is 19.4. The molecule has 3 heterocycles. The minimum atomic E-state index is -4.60. The highest BCUT2D eigenvalue weighted by molar-refractivity contribution is 5.53. The van der Waals surface area contributed by atoms with Crippen molar-refractivity contribution in [3.05, 3.63) is 48.3 Å². The lowest BCUT2D eigenvalue weighted by molar-refractivity contribution is -0.141. The molecule has 7 nitrogen and oxygen atoms in total. The molecule has 1 unspecified atom stereocenters. The van der Waals surface area contributed by atoms with Gasteiger partial charge in [-0.05, 0) is 19.1 Å². The van der Waals surface area contributed by atoms with Gasteiger partial charge in [-0.1, -0.05) is 6.07 Å². The number of aromatic nitrogens is 6. The van der Waals surface area contributed by atoms with Gasteiger partial charge in [-0.3, -0.25) is 10.1 Å². The molecular formula is C14H12F3N7. The Hall–Kier alpha value is -3.04. The zero-order valence-corrected chi connectivity index (χ0v) is 12.4. The monoisotopic (exact) mass is 335 g/mol. The number of hydrogen-bond donors (Lipinski definition) is 2. The van der Waals surface area contributed by atoms with Crippen LogP contribution in [0.25, 0.3) is 11.5 Å². The lowest BCUT2D eigenvalue weighted by Gasteiger charge is -2.14. The summed E-state index contributed by atoms with van der Waals surface area (Å²) in [5, 5.41) is 9.21. The molecule has 3 rings (SSSR count). The van der Waals surface area contributed by atoms with Gasteiger partial charge in [-0.15, -0.1) is 0 Å². The van der Waals surface area contributed by atoms with Crippen LogP contribution in [0.2, 0.25) is 0 Å². The van der Waals surface area contributed by atoms with Gasteiger partial charge in [0, 0.05) is 12.3 Å². The van der Waals surface area contributed by atoms with Crippen molar-refractivity contribution in [3.63, 3.8) is 0 Å². The van der Waals surface area contributed by atoms with Crippen molar-refractivity contribution < 1.29 is 13.2 Å². The highest BCUT2D eigenvalue weighted by Gasteiger charge is 2.34. The fourth-order valence-corrected chi connectivity index (χ4v) is 1.99. The van der Waals surface area contributed by atoms with Gasteiger partial charge >= 0.3 is 6.18 Å². The maximum atomic E-state index is 13.1. The van der Waals surface area contributed by atoms with Crippen LogP contribution in [0.4, 0.5) is 19.0 Å². The van der Waals surface area contributed by atoms with E-state index in [0.29, 0.717) is 5.82 Å². The first kappa shape index (κ1) is 15.8. The van der Waals surface area contributed by atoms with Crippen LogP contribution >= 0.6 is 0 Å². The average Bonchev–Trinajstić information content (AvgIpc) is 3.09. The van der Waals surface area contributed by atoms with Gasteiger partial charge in [0.2, 0.25) is 0 Å². The summed E-state index contributed by atoms with van der Waals surface area (Å²) in [5.74, 6) is 0.376. The van der Waals surface area contributed by atoms with E-state index in [1.807, 2.05) is 0 Å². The van der Waals surface area contributed by atoms with Crippen LogP contribution in [0.3, 0.4) is 0 Å². The second-order valence-electron chi connectivity index (χ2n) is 4.91. The number of pyridine rings is 1. The molecule has 0 fully saturated rings. The first-order valence-electron chi connectivity index (χ1n) is 6.93. The lowest BCUT2D eigenvalue weighted by Crippen LogP contribution is -2.14. The minimum Gasteiger partial charge on any atom is -0.360 e. The summed E-state index contributed by atoms with van der Waals surface area (Å²) >= 11 is 0. The van der Waals surface area contributed by atoms with E-state index in [0.717, 1.165) is 6.07 Å². The van der Waals surface area contributed by atoms with E-state index >= 15 is 0 Å². The average molecular weight is 335 g/mol. The van der Waals surface area contributed by atoms with E-state index in [2.05, 4.69) is 35.5 Å². The van der Waals surface area contributed by atoms with Gasteiger partial charge in [0.1, 0.15) is 23.7 Å². The first-order valence-corrected chi connectivity index (χ1v) is 6.93. The van der Waals surface area contributed by atoms with Gasteiger partial charge in [-0.25, -0.2) is 15.0 Å². The maximum Gasteiger partial charge on any atom is 0.433 e. The molecule has 0 aromatic carbocycles. The molecule has 0 bridgehead atoms. The first-order chi connectivity index (χ1) is 11.4. The zero-order valence-electron chi connectivity index (χ0n) is 12.4. The molecule has 0 saturated carbocycles. The van der Waals surface area contributed by atoms with Crippen molar-refractivity contribution in [2.24, 2.45) is 0 Å². The third kappa shape index (κ3) is 3.47. The molecule has 2 N–H and O–H groups in total. The Bertz CT molecular complexity index is 803. The summed E-state index contributed by atoms with van der Waals surface area (Å²) in [5.41, 5.74) is -0.801. The Balaban J connectivity index is 1.99. The summed E-state index contributed by atoms with van der Waals surface area (Å²) in [4.78, 5) is 15.6. The van der Waals surface area contributed by atoms with Crippen molar-refractivity contribution in [1.29, 1.82) is 0 Å². The fraction of sp³-hybridized carbons (Fsp3) is 0.214. The van der Waals surface area contributed by atoms with Crippen LogP contribution in [0, 0.1) is 0 Å². The summed E-state index contributed by atoms with van der Waals surface area (Å²) in [7, 11) is 0. The van der Waals surface area contributed by atoms with E-state index < -0.39 is 17.9 Å². The van der Waals surface area contributed by atoms with Crippen molar-refractivity contribution in [3.8, 4) is 11.5 Å². The summed E-state index contributed by atoms with van der Waals surface area (Å²) in [6.45, 7) is 1.72. The molecule has 3 aromatic heterocycles. The highest BCUT2D eigenvalue weighted by Crippen LogP contribution is 2.31. The van der Waals surface area contributed by atoms with Crippen LogP contribution in [0.5, 0.6) is 0 Å². The van der Waals surface area contributed by atoms with Crippen LogP contribution < -0.4 is 5.32 Å². The lowest BCUT2D eigenvalue weighted by atomic mass is 10.3. The second-order valence-corrected chi connectivity index (χ2v) is 4.91. The largest absolute Gasteiger partial charge is 0.433 e. The molecule has 24 heavy (non-hydrogen) atoms. The molecule has 1 atom stereocenters. The van der Waals surface area contributed by atoms with E-state index in [1.165, 1.54) is 12.5 Å². The van der Waals surface area contributed by atoms with E-state index in [1.54, 1.807) is 25.1 Å². The molecule has 0 spiro atoms. The molecule has 10 heteroatoms. The third-order valence-corrected chi connectivity index (χ3v) is 3.12. The number of nitrogens with zero attached hydrogens (tertiary/aromatic N) is 5. The Morgan fingerprint density at radius 3 is 2.62 bits per heavy atom. The number of anilines is 1. The predicted octanol–water partition coefficient (Wildman–Crippen LogP) is 2.85. The summed E-state index contributed by atoms with van der Waals surface area (Å²) in [6, 6.07) is 5.27. The van der Waals surface area contributed by atoms with Crippen LogP contribution in [-0.4, -0.2) is 30.1 Å². The Morgan fingerprint density at radius 2 is 2.00 bits per heavy atom. The van der Waals surface area contributed by atoms with Gasteiger partial charge < -0.3 is 5.32 Å². The quantitative estimate of drug-likeness (QED) is 0.762. The van der Waals surface area contributed by atoms with Crippen molar-refractivity contribution in [2.45, 2.75) is 19.1 Å². The molecular weight excluding hydrogens is 323 g/mol. The Labute approximate surface area is 134 Å². The van der Waals surface area contributed by atoms with E-state index in [9.17, 15) is 13.2 Å². The maximum absolute atomic E-state index is 13.1. The van der Waals surface area contributed by atoms with Crippen LogP contribution in [0.1, 0.15) is 24.5 Å². The second kappa shape index (κ2) is 6.22. The molecule has 0 radical (unpaired) electrons. The van der Waals surface area contributed by atoms with Gasteiger partial charge in [-0.2, -0.15) is 18.3 Å². The number of aromatic amines is 1. The molecule has 3 aromatic rings. The fourth-order valence-electron chi connectivity index (χ4n) is 1.99. The zero-order chi connectivity index (χ0) is 17.2. The van der Waals surface area contributed by atoms with Crippen molar-refractivity contribution >= 4 is 5.82 Å². The van der Waals surface area contributed by atoms with Crippen molar-refractivity contribution in [2.75, 3.05) is 5.32 Å². The minimum absolute atomic E-state index is 0.0156. The number of H-pyrrole nitrogens is 1. The van der Waals surface area contributed by atoms with E-state index in [4.69, 9.17) is 0 Å². The molecule has 0 aliphatic carbocycles. The number of rotatable bonds is 4. The van der Waals surface area contributed by atoms with Crippen LogP contribution in [-0.2, 0) is 6.18 Å². The SMILES string of the molecule is CC(Nc1cc(C(F)(F)F)nc(-c2ccccn2)n1)c1ncn[nH]1. The standard InChI is InChI=1S/C14H12F3N7/c1-8(12-19-7-20-24-12)21-11-6-10(14(15,16)17)22-13(23-11)9-4-2-3-5-18-9/h2-8H,1H3,(H,19,20,24)(H,21,22,23). The van der Waals surface area contributed by atoms with Gasteiger partial charge in [0.15, 0.2) is 11.5 Å². The third-order valence-electron chi connectivity index (χ3n) is 3.12. The van der Waals surface area contributed by atoms with E-state index in [-0.39, 0.29) is 17.3 Å². The molecule has 0 amide bonds. The number of hydrogen-bond acceptors (Lipinski definition) is 6. The molecule has 124 valence electrons. The summed E-state index contributed by atoms with van der Waals surface area (Å²) in [6.07, 6.45) is -1.82.